The van der Waals surface area contributed by atoms with Crippen molar-refractivity contribution < 1.29 is 28.5 Å². The molecular weight excluding hydrogens is 697 g/mol. The van der Waals surface area contributed by atoms with E-state index in [1.807, 2.05) is 127 Å². The van der Waals surface area contributed by atoms with Crippen molar-refractivity contribution in [2.45, 2.75) is 13.2 Å². The zero-order valence-electron chi connectivity index (χ0n) is 31.0. The van der Waals surface area contributed by atoms with Gasteiger partial charge in [0.2, 0.25) is 0 Å². The summed E-state index contributed by atoms with van der Waals surface area (Å²) >= 11 is 0. The van der Waals surface area contributed by atoms with Gasteiger partial charge < -0.3 is 18.9 Å². The van der Waals surface area contributed by atoms with Crippen molar-refractivity contribution in [1.82, 2.24) is 0 Å². The standard InChI is InChI=1S/C50H38O6/c1-53-49(51)40-16-10-15-38(29-40)35-21-19-33(20-22-35)31-55-45-27-25-36-13-6-8-17-42(36)47(45)48-43-18-9-7-14-37(43)26-28-46(48)56-32-41-24-23-39(30-44(41)50(52)54-2)34-11-4-3-5-12-34/h3-30H,31-32H2,1-2H3. The summed E-state index contributed by atoms with van der Waals surface area (Å²) in [5.74, 6) is 0.576. The molecule has 0 N–H and O–H groups in total. The van der Waals surface area contributed by atoms with Gasteiger partial charge in [-0.25, -0.2) is 9.59 Å². The fourth-order valence-corrected chi connectivity index (χ4v) is 7.13. The molecule has 0 atom stereocenters. The van der Waals surface area contributed by atoms with Gasteiger partial charge in [0, 0.05) is 16.7 Å². The molecule has 0 radical (unpaired) electrons. The van der Waals surface area contributed by atoms with Crippen LogP contribution in [0.15, 0.2) is 170 Å². The molecule has 0 saturated heterocycles. The average molecular weight is 735 g/mol. The maximum absolute atomic E-state index is 13.1. The molecule has 0 aliphatic rings. The van der Waals surface area contributed by atoms with Crippen molar-refractivity contribution in [3.05, 3.63) is 192 Å². The van der Waals surface area contributed by atoms with Gasteiger partial charge in [-0.3, -0.25) is 0 Å². The van der Waals surface area contributed by atoms with Gasteiger partial charge in [-0.2, -0.15) is 0 Å². The minimum Gasteiger partial charge on any atom is -0.488 e. The Labute approximate surface area is 325 Å². The van der Waals surface area contributed by atoms with E-state index in [4.69, 9.17) is 18.9 Å². The number of methoxy groups -OCH3 is 2. The monoisotopic (exact) mass is 734 g/mol. The lowest BCUT2D eigenvalue weighted by molar-refractivity contribution is 0.0590. The highest BCUT2D eigenvalue weighted by Crippen LogP contribution is 2.46. The summed E-state index contributed by atoms with van der Waals surface area (Å²) in [5.41, 5.74) is 8.30. The van der Waals surface area contributed by atoms with Crippen LogP contribution in [-0.4, -0.2) is 26.2 Å². The van der Waals surface area contributed by atoms with Crippen LogP contribution in [0.1, 0.15) is 31.8 Å². The Morgan fingerprint density at radius 1 is 0.446 bits per heavy atom. The highest BCUT2D eigenvalue weighted by molar-refractivity contribution is 6.09. The van der Waals surface area contributed by atoms with Gasteiger partial charge in [-0.05, 0) is 79.7 Å². The fraction of sp³-hybridized carbons (Fsp3) is 0.0800. The summed E-state index contributed by atoms with van der Waals surface area (Å²) in [7, 11) is 2.78. The minimum atomic E-state index is -0.424. The zero-order chi connectivity index (χ0) is 38.4. The van der Waals surface area contributed by atoms with Gasteiger partial charge >= 0.3 is 11.9 Å². The van der Waals surface area contributed by atoms with Crippen molar-refractivity contribution >= 4 is 33.5 Å². The van der Waals surface area contributed by atoms with Gasteiger partial charge in [0.1, 0.15) is 24.7 Å². The first-order valence-electron chi connectivity index (χ1n) is 18.3. The second-order valence-electron chi connectivity index (χ2n) is 13.4. The van der Waals surface area contributed by atoms with E-state index in [9.17, 15) is 9.59 Å². The number of carbonyl (C=O) groups excluding carboxylic acids is 2. The fourth-order valence-electron chi connectivity index (χ4n) is 7.13. The van der Waals surface area contributed by atoms with Gasteiger partial charge in [-0.15, -0.1) is 0 Å². The molecule has 8 aromatic rings. The van der Waals surface area contributed by atoms with Crippen LogP contribution in [0.3, 0.4) is 0 Å². The molecule has 0 saturated carbocycles. The van der Waals surface area contributed by atoms with Crippen LogP contribution in [0.25, 0.3) is 54.9 Å². The molecule has 0 unspecified atom stereocenters. The quantitative estimate of drug-likeness (QED) is 0.123. The first-order chi connectivity index (χ1) is 27.5. The number of rotatable bonds is 11. The Hall–Kier alpha value is -7.18. The lowest BCUT2D eigenvalue weighted by atomic mass is 9.92. The van der Waals surface area contributed by atoms with Crippen LogP contribution in [0.2, 0.25) is 0 Å². The van der Waals surface area contributed by atoms with Gasteiger partial charge in [0.05, 0.1) is 25.3 Å². The van der Waals surface area contributed by atoms with E-state index >= 15 is 0 Å². The van der Waals surface area contributed by atoms with Crippen LogP contribution in [-0.2, 0) is 22.7 Å². The third-order valence-corrected chi connectivity index (χ3v) is 10.0. The predicted octanol–water partition coefficient (Wildman–Crippen LogP) is 11.7. The van der Waals surface area contributed by atoms with Gasteiger partial charge in [0.15, 0.2) is 0 Å². The predicted molar refractivity (Wildman–Crippen MR) is 222 cm³/mol. The van der Waals surface area contributed by atoms with E-state index in [2.05, 4.69) is 36.4 Å². The molecule has 0 bridgehead atoms. The molecule has 0 amide bonds. The Kier molecular flexibility index (Phi) is 10.3. The molecule has 274 valence electrons. The first-order valence-corrected chi connectivity index (χ1v) is 18.3. The summed E-state index contributed by atoms with van der Waals surface area (Å²) in [6.45, 7) is 0.464. The van der Waals surface area contributed by atoms with Crippen molar-refractivity contribution in [1.29, 1.82) is 0 Å². The van der Waals surface area contributed by atoms with Gasteiger partial charge in [-0.1, -0.05) is 140 Å². The van der Waals surface area contributed by atoms with Crippen molar-refractivity contribution in [2.24, 2.45) is 0 Å². The summed E-state index contributed by atoms with van der Waals surface area (Å²) in [6, 6.07) is 56.0. The van der Waals surface area contributed by atoms with Crippen LogP contribution < -0.4 is 9.47 Å². The molecule has 8 rings (SSSR count). The second-order valence-corrected chi connectivity index (χ2v) is 13.4. The Morgan fingerprint density at radius 3 is 1.62 bits per heavy atom. The van der Waals surface area contributed by atoms with E-state index in [0.29, 0.717) is 34.8 Å². The number of hydrogen-bond acceptors (Lipinski definition) is 6. The van der Waals surface area contributed by atoms with E-state index in [0.717, 1.165) is 60.5 Å². The van der Waals surface area contributed by atoms with Crippen molar-refractivity contribution in [2.75, 3.05) is 14.2 Å². The number of ether oxygens (including phenoxy) is 4. The van der Waals surface area contributed by atoms with Crippen LogP contribution in [0.5, 0.6) is 11.5 Å². The highest BCUT2D eigenvalue weighted by Gasteiger charge is 2.21. The maximum atomic E-state index is 13.1. The van der Waals surface area contributed by atoms with E-state index in [-0.39, 0.29) is 12.6 Å². The Bertz CT molecular complexity index is 2700. The summed E-state index contributed by atoms with van der Waals surface area (Å²) < 4.78 is 23.6. The molecule has 0 fully saturated rings. The van der Waals surface area contributed by atoms with E-state index in [1.165, 1.54) is 14.2 Å². The molecule has 0 aliphatic carbocycles. The van der Waals surface area contributed by atoms with Crippen molar-refractivity contribution in [3.8, 4) is 44.9 Å². The second kappa shape index (κ2) is 16.0. The summed E-state index contributed by atoms with van der Waals surface area (Å²) in [6.07, 6.45) is 0. The summed E-state index contributed by atoms with van der Waals surface area (Å²) in [5, 5.41) is 4.16. The van der Waals surface area contributed by atoms with E-state index in [1.54, 1.807) is 6.07 Å². The largest absolute Gasteiger partial charge is 0.488 e. The normalized spacial score (nSPS) is 11.0. The smallest absolute Gasteiger partial charge is 0.338 e. The topological polar surface area (TPSA) is 71.1 Å². The molecule has 0 aliphatic heterocycles. The summed E-state index contributed by atoms with van der Waals surface area (Å²) in [4.78, 5) is 25.2. The van der Waals surface area contributed by atoms with Crippen LogP contribution >= 0.6 is 0 Å². The lowest BCUT2D eigenvalue weighted by Crippen LogP contribution is -2.09. The molecule has 6 heteroatoms. The molecule has 6 nitrogen and oxygen atoms in total. The molecule has 0 heterocycles. The minimum absolute atomic E-state index is 0.140. The third kappa shape index (κ3) is 7.33. The van der Waals surface area contributed by atoms with Gasteiger partial charge in [0.25, 0.3) is 0 Å². The molecular formula is C50H38O6. The third-order valence-electron chi connectivity index (χ3n) is 10.0. The Morgan fingerprint density at radius 2 is 0.982 bits per heavy atom. The zero-order valence-corrected chi connectivity index (χ0v) is 31.0. The number of benzene rings is 8. The molecule has 0 aromatic heterocycles. The molecule has 0 spiro atoms. The molecule has 56 heavy (non-hydrogen) atoms. The SMILES string of the molecule is COC(=O)c1cccc(-c2ccc(COc3ccc4ccccc4c3-c3c(OCc4ccc(-c5ccccc5)cc4C(=O)OC)ccc4ccccc34)cc2)c1. The lowest BCUT2D eigenvalue weighted by Gasteiger charge is -2.20. The van der Waals surface area contributed by atoms with Crippen molar-refractivity contribution in [3.63, 3.8) is 0 Å². The highest BCUT2D eigenvalue weighted by atomic mass is 16.5. The van der Waals surface area contributed by atoms with Crippen LogP contribution in [0.4, 0.5) is 0 Å². The van der Waals surface area contributed by atoms with Crippen LogP contribution in [0, 0.1) is 0 Å². The number of fused-ring (bicyclic) bond motifs is 2. The average Bonchev–Trinajstić information content (AvgIpc) is 3.27. The number of hydrogen-bond donors (Lipinski definition) is 0. The van der Waals surface area contributed by atoms with E-state index < -0.39 is 5.97 Å². The Balaban J connectivity index is 1.15. The number of carbonyl (C=O) groups is 2. The first kappa shape index (κ1) is 35.8. The maximum Gasteiger partial charge on any atom is 0.338 e. The molecule has 8 aromatic carbocycles. The number of esters is 2.